The smallest absolute Gasteiger partial charge is 0.319 e. The molecule has 5 nitrogen and oxygen atoms in total. The highest BCUT2D eigenvalue weighted by molar-refractivity contribution is 5.89. The minimum Gasteiger partial charge on any atom is -0.369 e. The van der Waals surface area contributed by atoms with Crippen LogP contribution in [0.4, 0.5) is 16.2 Å². The topological polar surface area (TPSA) is 47.6 Å². The van der Waals surface area contributed by atoms with Crippen LogP contribution in [0, 0.1) is 0 Å². The molecule has 1 saturated carbocycles. The molecular formula is C22H28N4O. The number of hydrogen-bond donors (Lipinski definition) is 2. The highest BCUT2D eigenvalue weighted by Crippen LogP contribution is 2.47. The fourth-order valence-corrected chi connectivity index (χ4v) is 3.76. The summed E-state index contributed by atoms with van der Waals surface area (Å²) in [4.78, 5) is 17.0. The molecule has 5 heteroatoms. The minimum atomic E-state index is -0.135. The van der Waals surface area contributed by atoms with Crippen LogP contribution in [-0.4, -0.2) is 50.7 Å². The van der Waals surface area contributed by atoms with Gasteiger partial charge in [-0.3, -0.25) is 0 Å². The molecule has 1 aliphatic carbocycles. The van der Waals surface area contributed by atoms with E-state index in [0.29, 0.717) is 6.54 Å². The lowest BCUT2D eigenvalue weighted by atomic mass is 9.96. The summed E-state index contributed by atoms with van der Waals surface area (Å²) in [6.07, 6.45) is 2.27. The SMILES string of the molecule is CN1CCN(c2ccc(NC(=O)NCC3(c4ccccc4)CC3)cc2)CC1. The van der Waals surface area contributed by atoms with Crippen molar-refractivity contribution in [3.8, 4) is 0 Å². The van der Waals surface area contributed by atoms with Crippen LogP contribution in [0.25, 0.3) is 0 Å². The number of urea groups is 1. The molecule has 2 fully saturated rings. The molecule has 142 valence electrons. The average molecular weight is 364 g/mol. The van der Waals surface area contributed by atoms with E-state index in [4.69, 9.17) is 0 Å². The molecule has 2 aromatic carbocycles. The van der Waals surface area contributed by atoms with E-state index in [1.807, 2.05) is 18.2 Å². The number of benzene rings is 2. The monoisotopic (exact) mass is 364 g/mol. The fraction of sp³-hybridized carbons (Fsp3) is 0.409. The van der Waals surface area contributed by atoms with Crippen molar-refractivity contribution in [1.29, 1.82) is 0 Å². The van der Waals surface area contributed by atoms with Crippen molar-refractivity contribution in [2.45, 2.75) is 18.3 Å². The summed E-state index contributed by atoms with van der Waals surface area (Å²) in [5.74, 6) is 0. The molecule has 0 unspecified atom stereocenters. The number of carbonyl (C=O) groups excluding carboxylic acids is 1. The number of carbonyl (C=O) groups is 1. The number of rotatable bonds is 5. The number of piperazine rings is 1. The normalized spacial score (nSPS) is 18.8. The summed E-state index contributed by atoms with van der Waals surface area (Å²) in [7, 11) is 2.16. The quantitative estimate of drug-likeness (QED) is 0.856. The maximum Gasteiger partial charge on any atom is 0.319 e. The Bertz CT molecular complexity index is 763. The van der Waals surface area contributed by atoms with Crippen LogP contribution in [0.3, 0.4) is 0 Å². The van der Waals surface area contributed by atoms with Crippen molar-refractivity contribution < 1.29 is 4.79 Å². The Labute approximate surface area is 161 Å². The van der Waals surface area contributed by atoms with Gasteiger partial charge in [-0.1, -0.05) is 30.3 Å². The van der Waals surface area contributed by atoms with E-state index in [0.717, 1.165) is 44.7 Å². The van der Waals surface area contributed by atoms with E-state index in [9.17, 15) is 4.79 Å². The second kappa shape index (κ2) is 7.61. The molecule has 2 amide bonds. The van der Waals surface area contributed by atoms with Crippen molar-refractivity contribution in [1.82, 2.24) is 10.2 Å². The lowest BCUT2D eigenvalue weighted by Crippen LogP contribution is -2.44. The summed E-state index contributed by atoms with van der Waals surface area (Å²) >= 11 is 0. The Hall–Kier alpha value is -2.53. The average Bonchev–Trinajstić information content (AvgIpc) is 3.50. The first-order valence-electron chi connectivity index (χ1n) is 9.79. The molecule has 0 spiro atoms. The van der Waals surface area contributed by atoms with Crippen molar-refractivity contribution in [2.75, 3.05) is 50.0 Å². The second-order valence-corrected chi connectivity index (χ2v) is 7.79. The largest absolute Gasteiger partial charge is 0.369 e. The van der Waals surface area contributed by atoms with Gasteiger partial charge in [-0.25, -0.2) is 4.79 Å². The van der Waals surface area contributed by atoms with Gasteiger partial charge in [0.2, 0.25) is 0 Å². The van der Waals surface area contributed by atoms with E-state index in [1.165, 1.54) is 11.3 Å². The Kier molecular flexibility index (Phi) is 5.03. The van der Waals surface area contributed by atoms with Gasteiger partial charge in [0, 0.05) is 49.5 Å². The van der Waals surface area contributed by atoms with Gasteiger partial charge in [0.25, 0.3) is 0 Å². The van der Waals surface area contributed by atoms with E-state index in [2.05, 4.69) is 63.9 Å². The number of nitrogens with zero attached hydrogens (tertiary/aromatic N) is 2. The highest BCUT2D eigenvalue weighted by Gasteiger charge is 2.44. The Morgan fingerprint density at radius 3 is 2.26 bits per heavy atom. The van der Waals surface area contributed by atoms with Crippen LogP contribution in [0.2, 0.25) is 0 Å². The first-order chi connectivity index (χ1) is 13.1. The van der Waals surface area contributed by atoms with Crippen molar-refractivity contribution >= 4 is 17.4 Å². The standard InChI is InChI=1S/C22H28N4O/c1-25-13-15-26(16-14-25)20-9-7-19(8-10-20)24-21(27)23-17-22(11-12-22)18-5-3-2-4-6-18/h2-10H,11-17H2,1H3,(H2,23,24,27). The van der Waals surface area contributed by atoms with Gasteiger partial charge in [0.15, 0.2) is 0 Å². The lowest BCUT2D eigenvalue weighted by molar-refractivity contribution is 0.251. The third kappa shape index (κ3) is 4.25. The number of hydrogen-bond acceptors (Lipinski definition) is 3. The summed E-state index contributed by atoms with van der Waals surface area (Å²) in [5, 5.41) is 6.00. The van der Waals surface area contributed by atoms with E-state index in [-0.39, 0.29) is 11.4 Å². The van der Waals surface area contributed by atoms with E-state index in [1.54, 1.807) is 0 Å². The molecule has 0 bridgehead atoms. The van der Waals surface area contributed by atoms with E-state index >= 15 is 0 Å². The first kappa shape index (κ1) is 17.9. The van der Waals surface area contributed by atoms with Crippen LogP contribution in [0.15, 0.2) is 54.6 Å². The lowest BCUT2D eigenvalue weighted by Gasteiger charge is -2.34. The molecular weight excluding hydrogens is 336 g/mol. The zero-order valence-corrected chi connectivity index (χ0v) is 15.9. The molecule has 1 heterocycles. The van der Waals surface area contributed by atoms with Crippen molar-refractivity contribution in [2.24, 2.45) is 0 Å². The van der Waals surface area contributed by atoms with Gasteiger partial charge >= 0.3 is 6.03 Å². The second-order valence-electron chi connectivity index (χ2n) is 7.79. The van der Waals surface area contributed by atoms with E-state index < -0.39 is 0 Å². The molecule has 0 atom stereocenters. The molecule has 1 saturated heterocycles. The van der Waals surface area contributed by atoms with Crippen LogP contribution in [-0.2, 0) is 5.41 Å². The number of likely N-dealkylation sites (N-methyl/N-ethyl adjacent to an activating group) is 1. The van der Waals surface area contributed by atoms with Gasteiger partial charge in [-0.2, -0.15) is 0 Å². The van der Waals surface area contributed by atoms with Crippen LogP contribution in [0.5, 0.6) is 0 Å². The molecule has 0 aromatic heterocycles. The predicted octanol–water partition coefficient (Wildman–Crippen LogP) is 3.29. The van der Waals surface area contributed by atoms with Gasteiger partial charge in [0.1, 0.15) is 0 Å². The minimum absolute atomic E-state index is 0.129. The van der Waals surface area contributed by atoms with Gasteiger partial charge < -0.3 is 20.4 Å². The summed E-state index contributed by atoms with van der Waals surface area (Å²) in [5.41, 5.74) is 3.50. The third-order valence-electron chi connectivity index (χ3n) is 5.82. The highest BCUT2D eigenvalue weighted by atomic mass is 16.2. The zero-order valence-electron chi connectivity index (χ0n) is 15.9. The van der Waals surface area contributed by atoms with Crippen LogP contribution in [0.1, 0.15) is 18.4 Å². The fourth-order valence-electron chi connectivity index (χ4n) is 3.76. The maximum atomic E-state index is 12.3. The summed E-state index contributed by atoms with van der Waals surface area (Å²) in [6.45, 7) is 4.95. The van der Waals surface area contributed by atoms with Crippen LogP contribution < -0.4 is 15.5 Å². The Morgan fingerprint density at radius 2 is 1.63 bits per heavy atom. The molecule has 2 aliphatic rings. The molecule has 2 aromatic rings. The predicted molar refractivity (Wildman–Crippen MR) is 111 cm³/mol. The van der Waals surface area contributed by atoms with Crippen LogP contribution >= 0.6 is 0 Å². The molecule has 27 heavy (non-hydrogen) atoms. The third-order valence-corrected chi connectivity index (χ3v) is 5.82. The molecule has 2 N–H and O–H groups in total. The first-order valence-corrected chi connectivity index (χ1v) is 9.79. The summed E-state index contributed by atoms with van der Waals surface area (Å²) in [6, 6.07) is 18.5. The Balaban J connectivity index is 1.28. The zero-order chi connectivity index (χ0) is 18.7. The molecule has 1 aliphatic heterocycles. The van der Waals surface area contributed by atoms with Gasteiger partial charge in [-0.15, -0.1) is 0 Å². The van der Waals surface area contributed by atoms with Crippen molar-refractivity contribution in [3.63, 3.8) is 0 Å². The number of anilines is 2. The molecule has 0 radical (unpaired) electrons. The molecule has 4 rings (SSSR count). The number of nitrogens with one attached hydrogen (secondary N) is 2. The van der Waals surface area contributed by atoms with Crippen molar-refractivity contribution in [3.05, 3.63) is 60.2 Å². The Morgan fingerprint density at radius 1 is 0.963 bits per heavy atom. The van der Waals surface area contributed by atoms with Gasteiger partial charge in [-0.05, 0) is 49.7 Å². The number of amides is 2. The summed E-state index contributed by atoms with van der Waals surface area (Å²) < 4.78 is 0. The maximum absolute atomic E-state index is 12.3. The van der Waals surface area contributed by atoms with Gasteiger partial charge in [0.05, 0.1) is 0 Å².